The Morgan fingerprint density at radius 3 is 2.34 bits per heavy atom. The molecule has 0 aliphatic carbocycles. The lowest BCUT2D eigenvalue weighted by Crippen LogP contribution is -2.47. The van der Waals surface area contributed by atoms with Crippen LogP contribution in [-0.2, 0) is 4.79 Å². The zero-order valence-corrected chi connectivity index (χ0v) is 18.0. The molecule has 0 saturated carbocycles. The predicted molar refractivity (Wildman–Crippen MR) is 119 cm³/mol. The lowest BCUT2D eigenvalue weighted by Gasteiger charge is -2.26. The molecule has 5 nitrogen and oxygen atoms in total. The van der Waals surface area contributed by atoms with Gasteiger partial charge in [0.05, 0.1) is 11.7 Å². The number of piperidine rings is 1. The van der Waals surface area contributed by atoms with E-state index in [1.165, 1.54) is 6.42 Å². The van der Waals surface area contributed by atoms with Crippen molar-refractivity contribution in [3.05, 3.63) is 63.1 Å². The molecule has 29 heavy (non-hydrogen) atoms. The Morgan fingerprint density at radius 2 is 1.66 bits per heavy atom. The Hall–Kier alpha value is -1.79. The average Bonchev–Trinajstić information content (AvgIpc) is 3.14. The minimum atomic E-state index is -0.206. The molecule has 2 aliphatic heterocycles. The maximum absolute atomic E-state index is 12.9. The van der Waals surface area contributed by atoms with E-state index in [-0.39, 0.29) is 11.9 Å². The van der Waals surface area contributed by atoms with Gasteiger partial charge in [0.25, 0.3) is 5.91 Å². The summed E-state index contributed by atoms with van der Waals surface area (Å²) in [6.45, 7) is 1.73. The molecule has 0 bridgehead atoms. The van der Waals surface area contributed by atoms with Crippen LogP contribution < -0.4 is 10.4 Å². The van der Waals surface area contributed by atoms with E-state index in [0.29, 0.717) is 27.2 Å². The lowest BCUT2D eigenvalue weighted by molar-refractivity contribution is -0.119. The van der Waals surface area contributed by atoms with E-state index in [1.54, 1.807) is 24.3 Å². The van der Waals surface area contributed by atoms with Crippen LogP contribution in [0.5, 0.6) is 0 Å². The number of carbonyl (C=O) groups is 1. The average molecular weight is 452 g/mol. The van der Waals surface area contributed by atoms with Crippen molar-refractivity contribution in [3.63, 3.8) is 0 Å². The van der Waals surface area contributed by atoms with Gasteiger partial charge in [-0.05, 0) is 54.8 Å². The maximum Gasteiger partial charge on any atom is 0.281 e. The molecule has 2 aromatic carbocycles. The summed E-state index contributed by atoms with van der Waals surface area (Å²) < 4.78 is 0. The van der Waals surface area contributed by atoms with E-state index in [0.717, 1.165) is 37.2 Å². The molecule has 4 rings (SSSR count). The highest BCUT2D eigenvalue weighted by atomic mass is 35.5. The molecule has 0 aromatic heterocycles. The summed E-state index contributed by atoms with van der Waals surface area (Å²) in [7, 11) is 0. The van der Waals surface area contributed by atoms with Crippen LogP contribution in [0, 0.1) is 0 Å². The molecule has 152 valence electrons. The highest BCUT2D eigenvalue weighted by molar-refractivity contribution is 6.40. The van der Waals surface area contributed by atoms with E-state index in [4.69, 9.17) is 34.8 Å². The van der Waals surface area contributed by atoms with E-state index in [9.17, 15) is 4.79 Å². The van der Waals surface area contributed by atoms with Gasteiger partial charge < -0.3 is 0 Å². The third-order valence-electron chi connectivity index (χ3n) is 5.20. The molecule has 2 aromatic rings. The number of hydrazine groups is 1. The summed E-state index contributed by atoms with van der Waals surface area (Å²) in [5.41, 5.74) is 5.18. The number of hydrogen-bond acceptors (Lipinski definition) is 4. The van der Waals surface area contributed by atoms with Gasteiger partial charge in [-0.15, -0.1) is 0 Å². The van der Waals surface area contributed by atoms with Gasteiger partial charge >= 0.3 is 0 Å². The number of halogens is 3. The van der Waals surface area contributed by atoms with Crippen LogP contribution in [0.15, 0.2) is 47.6 Å². The number of anilines is 1. The smallest absolute Gasteiger partial charge is 0.281 e. The normalized spacial score (nSPS) is 19.9. The molecule has 1 amide bonds. The molecule has 1 fully saturated rings. The van der Waals surface area contributed by atoms with Crippen molar-refractivity contribution in [3.8, 4) is 0 Å². The summed E-state index contributed by atoms with van der Waals surface area (Å²) in [6, 6.07) is 12.6. The molecule has 1 saturated heterocycles. The number of hydrazone groups is 1. The lowest BCUT2D eigenvalue weighted by atomic mass is 10.0. The second-order valence-corrected chi connectivity index (χ2v) is 8.52. The minimum Gasteiger partial charge on any atom is -0.284 e. The number of benzene rings is 2. The van der Waals surface area contributed by atoms with Crippen molar-refractivity contribution < 1.29 is 4.79 Å². The zero-order chi connectivity index (χ0) is 20.4. The molecule has 0 radical (unpaired) electrons. The molecular weight excluding hydrogens is 431 g/mol. The quantitative estimate of drug-likeness (QED) is 0.670. The largest absolute Gasteiger partial charge is 0.284 e. The maximum atomic E-state index is 12.9. The van der Waals surface area contributed by atoms with Gasteiger partial charge in [0.15, 0.2) is 0 Å². The van der Waals surface area contributed by atoms with Crippen LogP contribution in [-0.4, -0.2) is 29.7 Å². The summed E-state index contributed by atoms with van der Waals surface area (Å²) in [6.07, 6.45) is 3.83. The first-order chi connectivity index (χ1) is 14.0. The standard InChI is InChI=1S/C21H21Cl3N4O/c22-14-4-7-16(8-5-14)28-20(17-9-6-15(23)12-18(17)24)13-19(25-28)21(29)26-27-10-2-1-3-11-27/h4-9,12,20H,1-3,10-11,13H2,(H,26,29)/t20-/m0/s1. The van der Waals surface area contributed by atoms with E-state index >= 15 is 0 Å². The topological polar surface area (TPSA) is 47.9 Å². The predicted octanol–water partition coefficient (Wildman–Crippen LogP) is 5.47. The number of hydrogen-bond donors (Lipinski definition) is 1. The summed E-state index contributed by atoms with van der Waals surface area (Å²) in [5, 5.41) is 10.2. The van der Waals surface area contributed by atoms with Gasteiger partial charge in [-0.3, -0.25) is 15.2 Å². The Bertz CT molecular complexity index is 926. The van der Waals surface area contributed by atoms with Crippen molar-refractivity contribution in [1.29, 1.82) is 0 Å². The number of nitrogens with zero attached hydrogens (tertiary/aromatic N) is 3. The van der Waals surface area contributed by atoms with Crippen LogP contribution in [0.25, 0.3) is 0 Å². The van der Waals surface area contributed by atoms with Gasteiger partial charge in [0.2, 0.25) is 0 Å². The highest BCUT2D eigenvalue weighted by Gasteiger charge is 2.34. The minimum absolute atomic E-state index is 0.168. The van der Waals surface area contributed by atoms with Gasteiger partial charge in [0.1, 0.15) is 5.71 Å². The Labute approximate surface area is 185 Å². The Balaban J connectivity index is 1.62. The van der Waals surface area contributed by atoms with Crippen molar-refractivity contribution in [2.75, 3.05) is 18.1 Å². The van der Waals surface area contributed by atoms with Crippen molar-refractivity contribution >= 4 is 52.1 Å². The molecule has 2 aliphatic rings. The Morgan fingerprint density at radius 1 is 0.966 bits per heavy atom. The number of nitrogens with one attached hydrogen (secondary N) is 1. The number of carbonyl (C=O) groups excluding carboxylic acids is 1. The first-order valence-electron chi connectivity index (χ1n) is 9.64. The number of amides is 1. The van der Waals surface area contributed by atoms with E-state index < -0.39 is 0 Å². The molecule has 1 atom stereocenters. The monoisotopic (exact) mass is 450 g/mol. The molecular formula is C21H21Cl3N4O. The van der Waals surface area contributed by atoms with E-state index in [2.05, 4.69) is 10.5 Å². The molecule has 2 heterocycles. The van der Waals surface area contributed by atoms with Crippen LogP contribution in [0.3, 0.4) is 0 Å². The third-order valence-corrected chi connectivity index (χ3v) is 6.02. The molecule has 8 heteroatoms. The van der Waals surface area contributed by atoms with Crippen LogP contribution >= 0.6 is 34.8 Å². The first-order valence-corrected chi connectivity index (χ1v) is 10.8. The van der Waals surface area contributed by atoms with Crippen molar-refractivity contribution in [2.45, 2.75) is 31.7 Å². The SMILES string of the molecule is O=C(NN1CCCCC1)C1=NN(c2ccc(Cl)cc2)[C@H](c2ccc(Cl)cc2Cl)C1. The van der Waals surface area contributed by atoms with Gasteiger partial charge in [-0.2, -0.15) is 5.10 Å². The second kappa shape index (κ2) is 8.92. The summed E-state index contributed by atoms with van der Waals surface area (Å²) in [5.74, 6) is -0.168. The third kappa shape index (κ3) is 4.69. The molecule has 1 N–H and O–H groups in total. The fourth-order valence-electron chi connectivity index (χ4n) is 3.71. The van der Waals surface area contributed by atoms with Gasteiger partial charge in [-0.1, -0.05) is 47.3 Å². The van der Waals surface area contributed by atoms with Crippen molar-refractivity contribution in [2.24, 2.45) is 5.10 Å². The zero-order valence-electron chi connectivity index (χ0n) is 15.7. The fourth-order valence-corrected chi connectivity index (χ4v) is 4.37. The van der Waals surface area contributed by atoms with Crippen LogP contribution in [0.2, 0.25) is 15.1 Å². The van der Waals surface area contributed by atoms with Gasteiger partial charge in [0, 0.05) is 34.6 Å². The highest BCUT2D eigenvalue weighted by Crippen LogP contribution is 2.39. The second-order valence-electron chi connectivity index (χ2n) is 7.24. The van der Waals surface area contributed by atoms with Crippen LogP contribution in [0.1, 0.15) is 37.3 Å². The van der Waals surface area contributed by atoms with Crippen LogP contribution in [0.4, 0.5) is 5.69 Å². The summed E-state index contributed by atoms with van der Waals surface area (Å²) in [4.78, 5) is 12.9. The number of rotatable bonds is 4. The van der Waals surface area contributed by atoms with Crippen molar-refractivity contribution in [1.82, 2.24) is 10.4 Å². The Kier molecular flexibility index (Phi) is 6.30. The molecule has 0 unspecified atom stereocenters. The summed E-state index contributed by atoms with van der Waals surface area (Å²) >= 11 is 18.6. The van der Waals surface area contributed by atoms with Gasteiger partial charge in [-0.25, -0.2) is 5.01 Å². The fraction of sp³-hybridized carbons (Fsp3) is 0.333. The van der Waals surface area contributed by atoms with E-state index in [1.807, 2.05) is 28.2 Å². The molecule has 0 spiro atoms. The first kappa shape index (κ1) is 20.5.